The van der Waals surface area contributed by atoms with E-state index < -0.39 is 0 Å². The molecule has 2 atom stereocenters. The number of piperidine rings is 1. The molecule has 2 aliphatic rings. The lowest BCUT2D eigenvalue weighted by Gasteiger charge is -2.28. The van der Waals surface area contributed by atoms with Gasteiger partial charge < -0.3 is 16.0 Å². The van der Waals surface area contributed by atoms with E-state index in [0.717, 1.165) is 11.8 Å². The Morgan fingerprint density at radius 1 is 1.33 bits per heavy atom. The second-order valence-electron chi connectivity index (χ2n) is 5.40. The van der Waals surface area contributed by atoms with E-state index in [2.05, 4.69) is 17.3 Å². The first-order valence-corrected chi connectivity index (χ1v) is 6.40. The molecule has 15 heavy (non-hydrogen) atoms. The standard InChI is InChI=1S/C12H25N3/c1-15-7-4-11(9-15)12(13)8-10-2-5-14-6-3-10/h10-12,14H,2-9,13H2,1H3. The molecule has 0 radical (unpaired) electrons. The predicted octanol–water partition coefficient (Wildman–Crippen LogP) is 0.655. The lowest BCUT2D eigenvalue weighted by atomic mass is 9.86. The molecule has 0 aromatic heterocycles. The van der Waals surface area contributed by atoms with Crippen molar-refractivity contribution in [3.8, 4) is 0 Å². The van der Waals surface area contributed by atoms with Gasteiger partial charge in [-0.1, -0.05) is 0 Å². The van der Waals surface area contributed by atoms with Crippen LogP contribution in [-0.4, -0.2) is 44.2 Å². The third kappa shape index (κ3) is 3.16. The normalized spacial score (nSPS) is 32.0. The van der Waals surface area contributed by atoms with Crippen molar-refractivity contribution in [1.29, 1.82) is 0 Å². The van der Waals surface area contributed by atoms with Crippen LogP contribution in [0.1, 0.15) is 25.7 Å². The van der Waals surface area contributed by atoms with Crippen LogP contribution in [0.5, 0.6) is 0 Å². The smallest absolute Gasteiger partial charge is 0.00825 e. The van der Waals surface area contributed by atoms with Crippen LogP contribution < -0.4 is 11.1 Å². The molecular formula is C12H25N3. The molecule has 2 rings (SSSR count). The monoisotopic (exact) mass is 211 g/mol. The van der Waals surface area contributed by atoms with Crippen LogP contribution in [0, 0.1) is 11.8 Å². The summed E-state index contributed by atoms with van der Waals surface area (Å²) in [4.78, 5) is 2.41. The summed E-state index contributed by atoms with van der Waals surface area (Å²) in [6.45, 7) is 4.85. The predicted molar refractivity (Wildman–Crippen MR) is 63.8 cm³/mol. The van der Waals surface area contributed by atoms with Crippen molar-refractivity contribution >= 4 is 0 Å². The summed E-state index contributed by atoms with van der Waals surface area (Å²) in [7, 11) is 2.21. The fraction of sp³-hybridized carbons (Fsp3) is 1.00. The van der Waals surface area contributed by atoms with Crippen molar-refractivity contribution in [3.05, 3.63) is 0 Å². The van der Waals surface area contributed by atoms with E-state index in [9.17, 15) is 0 Å². The number of nitrogens with zero attached hydrogens (tertiary/aromatic N) is 1. The zero-order valence-corrected chi connectivity index (χ0v) is 9.91. The molecule has 0 amide bonds. The van der Waals surface area contributed by atoms with E-state index in [4.69, 9.17) is 5.73 Å². The molecular weight excluding hydrogens is 186 g/mol. The van der Waals surface area contributed by atoms with Gasteiger partial charge in [0.15, 0.2) is 0 Å². The average Bonchev–Trinajstić information content (AvgIpc) is 2.66. The quantitative estimate of drug-likeness (QED) is 0.720. The van der Waals surface area contributed by atoms with Gasteiger partial charge in [0.25, 0.3) is 0 Å². The Morgan fingerprint density at radius 2 is 2.07 bits per heavy atom. The summed E-state index contributed by atoms with van der Waals surface area (Å²) in [5.41, 5.74) is 6.32. The maximum Gasteiger partial charge on any atom is 0.00825 e. The highest BCUT2D eigenvalue weighted by atomic mass is 15.1. The maximum atomic E-state index is 6.32. The van der Waals surface area contributed by atoms with Crippen LogP contribution in [0.25, 0.3) is 0 Å². The highest BCUT2D eigenvalue weighted by Crippen LogP contribution is 2.24. The fourth-order valence-corrected chi connectivity index (χ4v) is 3.01. The van der Waals surface area contributed by atoms with Gasteiger partial charge in [0.1, 0.15) is 0 Å². The fourth-order valence-electron chi connectivity index (χ4n) is 3.01. The minimum absolute atomic E-state index is 0.443. The summed E-state index contributed by atoms with van der Waals surface area (Å²) in [6.07, 6.45) is 5.22. The Bertz CT molecular complexity index is 189. The summed E-state index contributed by atoms with van der Waals surface area (Å²) in [5.74, 6) is 1.64. The van der Waals surface area contributed by atoms with Gasteiger partial charge in [-0.2, -0.15) is 0 Å². The molecule has 88 valence electrons. The van der Waals surface area contributed by atoms with Crippen molar-refractivity contribution < 1.29 is 0 Å². The van der Waals surface area contributed by atoms with E-state index >= 15 is 0 Å². The van der Waals surface area contributed by atoms with E-state index in [1.807, 2.05) is 0 Å². The van der Waals surface area contributed by atoms with Gasteiger partial charge in [-0.15, -0.1) is 0 Å². The molecule has 3 heteroatoms. The van der Waals surface area contributed by atoms with Crippen molar-refractivity contribution in [3.63, 3.8) is 0 Å². The molecule has 0 aromatic rings. The largest absolute Gasteiger partial charge is 0.327 e. The van der Waals surface area contributed by atoms with Crippen LogP contribution in [0.4, 0.5) is 0 Å². The molecule has 2 unspecified atom stereocenters. The molecule has 2 heterocycles. The van der Waals surface area contributed by atoms with Crippen molar-refractivity contribution in [1.82, 2.24) is 10.2 Å². The topological polar surface area (TPSA) is 41.3 Å². The minimum atomic E-state index is 0.443. The van der Waals surface area contributed by atoms with Crippen molar-refractivity contribution in [2.24, 2.45) is 17.6 Å². The number of nitrogens with two attached hydrogens (primary N) is 1. The number of hydrogen-bond acceptors (Lipinski definition) is 3. The Hall–Kier alpha value is -0.120. The SMILES string of the molecule is CN1CCC(C(N)CC2CCNCC2)C1. The summed E-state index contributed by atoms with van der Waals surface area (Å²) < 4.78 is 0. The van der Waals surface area contributed by atoms with E-state index in [1.54, 1.807) is 0 Å². The first-order valence-electron chi connectivity index (χ1n) is 6.40. The molecule has 0 spiro atoms. The molecule has 0 bridgehead atoms. The lowest BCUT2D eigenvalue weighted by Crippen LogP contribution is -2.37. The van der Waals surface area contributed by atoms with Crippen molar-refractivity contribution in [2.45, 2.75) is 31.7 Å². The van der Waals surface area contributed by atoms with Crippen LogP contribution in [0.2, 0.25) is 0 Å². The first-order chi connectivity index (χ1) is 7.25. The number of likely N-dealkylation sites (tertiary alicyclic amines) is 1. The van der Waals surface area contributed by atoms with E-state index in [0.29, 0.717) is 6.04 Å². The molecule has 2 aliphatic heterocycles. The van der Waals surface area contributed by atoms with Gasteiger partial charge in [-0.3, -0.25) is 0 Å². The average molecular weight is 211 g/mol. The summed E-state index contributed by atoms with van der Waals surface area (Å²) >= 11 is 0. The van der Waals surface area contributed by atoms with E-state index in [-0.39, 0.29) is 0 Å². The second-order valence-corrected chi connectivity index (χ2v) is 5.40. The van der Waals surface area contributed by atoms with Crippen LogP contribution in [-0.2, 0) is 0 Å². The zero-order chi connectivity index (χ0) is 10.7. The summed E-state index contributed by atoms with van der Waals surface area (Å²) in [6, 6.07) is 0.443. The maximum absolute atomic E-state index is 6.32. The molecule has 2 fully saturated rings. The second kappa shape index (κ2) is 5.28. The van der Waals surface area contributed by atoms with Gasteiger partial charge in [-0.25, -0.2) is 0 Å². The van der Waals surface area contributed by atoms with Gasteiger partial charge in [0, 0.05) is 12.6 Å². The van der Waals surface area contributed by atoms with Crippen LogP contribution in [0.3, 0.4) is 0 Å². The number of rotatable bonds is 3. The number of nitrogens with one attached hydrogen (secondary N) is 1. The Kier molecular flexibility index (Phi) is 4.00. The molecule has 3 nitrogen and oxygen atoms in total. The first kappa shape index (κ1) is 11.4. The lowest BCUT2D eigenvalue weighted by molar-refractivity contribution is 0.286. The Balaban J connectivity index is 1.73. The van der Waals surface area contributed by atoms with Gasteiger partial charge in [0.05, 0.1) is 0 Å². The summed E-state index contributed by atoms with van der Waals surface area (Å²) in [5, 5.41) is 3.42. The molecule has 0 aliphatic carbocycles. The van der Waals surface area contributed by atoms with Crippen molar-refractivity contribution in [2.75, 3.05) is 33.2 Å². The Morgan fingerprint density at radius 3 is 2.67 bits per heavy atom. The third-order valence-electron chi connectivity index (χ3n) is 4.10. The van der Waals surface area contributed by atoms with Crippen LogP contribution in [0.15, 0.2) is 0 Å². The molecule has 2 saturated heterocycles. The highest BCUT2D eigenvalue weighted by Gasteiger charge is 2.27. The minimum Gasteiger partial charge on any atom is -0.327 e. The van der Waals surface area contributed by atoms with Gasteiger partial charge >= 0.3 is 0 Å². The molecule has 3 N–H and O–H groups in total. The number of hydrogen-bond donors (Lipinski definition) is 2. The Labute approximate surface area is 93.4 Å². The van der Waals surface area contributed by atoms with Gasteiger partial charge in [-0.05, 0) is 64.2 Å². The van der Waals surface area contributed by atoms with Gasteiger partial charge in [0.2, 0.25) is 0 Å². The molecule has 0 saturated carbocycles. The third-order valence-corrected chi connectivity index (χ3v) is 4.10. The molecule has 0 aromatic carbocycles. The zero-order valence-electron chi connectivity index (χ0n) is 9.91. The van der Waals surface area contributed by atoms with E-state index in [1.165, 1.54) is 51.9 Å². The highest BCUT2D eigenvalue weighted by molar-refractivity contribution is 4.84. The van der Waals surface area contributed by atoms with Crippen LogP contribution >= 0.6 is 0 Å².